The second-order valence-corrected chi connectivity index (χ2v) is 8.54. The highest BCUT2D eigenvalue weighted by Gasteiger charge is 2.26. The predicted octanol–water partition coefficient (Wildman–Crippen LogP) is -0.0394. The molecule has 0 unspecified atom stereocenters. The summed E-state index contributed by atoms with van der Waals surface area (Å²) in [6.07, 6.45) is 3.63. The summed E-state index contributed by atoms with van der Waals surface area (Å²) < 4.78 is 33.2. The number of morpholine rings is 1. The van der Waals surface area contributed by atoms with E-state index in [4.69, 9.17) is 10.5 Å². The maximum absolute atomic E-state index is 12.6. The Morgan fingerprint density at radius 1 is 1.17 bits per heavy atom. The van der Waals surface area contributed by atoms with Gasteiger partial charge in [0.2, 0.25) is 21.8 Å². The van der Waals surface area contributed by atoms with Gasteiger partial charge in [-0.15, -0.1) is 0 Å². The molecule has 0 spiro atoms. The smallest absolute Gasteiger partial charge is 0.243 e. The fourth-order valence-corrected chi connectivity index (χ4v) is 4.33. The number of ether oxygens (including phenoxy) is 1. The van der Waals surface area contributed by atoms with Crippen LogP contribution in [0.4, 0.5) is 5.69 Å². The molecule has 1 aromatic carbocycles. The number of hydrogen-bond donors (Lipinski definition) is 2. The van der Waals surface area contributed by atoms with Crippen LogP contribution in [0.15, 0.2) is 41.6 Å². The summed E-state index contributed by atoms with van der Waals surface area (Å²) in [5.74, 6) is -0.737. The van der Waals surface area contributed by atoms with Crippen molar-refractivity contribution in [3.63, 3.8) is 0 Å². The van der Waals surface area contributed by atoms with E-state index < -0.39 is 15.9 Å². The topological polar surface area (TPSA) is 137 Å². The van der Waals surface area contributed by atoms with Crippen LogP contribution in [0.1, 0.15) is 12.0 Å². The first-order valence-electron chi connectivity index (χ1n) is 9.12. The van der Waals surface area contributed by atoms with E-state index in [9.17, 15) is 18.0 Å². The Kier molecular flexibility index (Phi) is 6.62. The number of benzene rings is 1. The number of primary amides is 1. The zero-order valence-electron chi connectivity index (χ0n) is 15.8. The van der Waals surface area contributed by atoms with Gasteiger partial charge in [0.25, 0.3) is 0 Å². The van der Waals surface area contributed by atoms with Gasteiger partial charge in [0.15, 0.2) is 0 Å². The van der Waals surface area contributed by atoms with Crippen molar-refractivity contribution in [2.24, 2.45) is 5.73 Å². The summed E-state index contributed by atoms with van der Waals surface area (Å²) in [6.45, 7) is 1.43. The molecule has 1 fully saturated rings. The number of hydrogen-bond acceptors (Lipinski definition) is 6. The summed E-state index contributed by atoms with van der Waals surface area (Å²) in [7, 11) is -3.53. The average Bonchev–Trinajstić information content (AvgIpc) is 3.13. The van der Waals surface area contributed by atoms with Gasteiger partial charge in [0.1, 0.15) is 6.54 Å². The minimum atomic E-state index is -3.53. The van der Waals surface area contributed by atoms with E-state index in [1.165, 1.54) is 21.4 Å². The number of aryl methyl sites for hydroxylation is 1. The van der Waals surface area contributed by atoms with Gasteiger partial charge in [-0.25, -0.2) is 8.42 Å². The molecule has 11 heteroatoms. The Morgan fingerprint density at radius 2 is 1.86 bits per heavy atom. The molecule has 1 aliphatic rings. The van der Waals surface area contributed by atoms with E-state index in [-0.39, 0.29) is 23.8 Å². The van der Waals surface area contributed by atoms with Crippen LogP contribution in [0.25, 0.3) is 0 Å². The van der Waals surface area contributed by atoms with Crippen LogP contribution in [-0.2, 0) is 37.3 Å². The van der Waals surface area contributed by atoms with E-state index in [1.807, 2.05) is 0 Å². The molecule has 156 valence electrons. The van der Waals surface area contributed by atoms with E-state index in [0.29, 0.717) is 38.4 Å². The highest BCUT2D eigenvalue weighted by molar-refractivity contribution is 7.89. The molecule has 0 bridgehead atoms. The Balaban J connectivity index is 1.52. The average molecular weight is 421 g/mol. The number of amides is 2. The molecule has 10 nitrogen and oxygen atoms in total. The fraction of sp³-hybridized carbons (Fsp3) is 0.389. The molecular formula is C18H23N5O5S. The van der Waals surface area contributed by atoms with Crippen LogP contribution >= 0.6 is 0 Å². The van der Waals surface area contributed by atoms with Crippen LogP contribution < -0.4 is 11.1 Å². The van der Waals surface area contributed by atoms with Crippen LogP contribution in [0.5, 0.6) is 0 Å². The van der Waals surface area contributed by atoms with E-state index in [0.717, 1.165) is 5.56 Å². The fourth-order valence-electron chi connectivity index (χ4n) is 2.92. The number of rotatable bonds is 8. The summed E-state index contributed by atoms with van der Waals surface area (Å²) in [5.41, 5.74) is 6.42. The summed E-state index contributed by atoms with van der Waals surface area (Å²) in [4.78, 5) is 23.2. The third-order valence-corrected chi connectivity index (χ3v) is 6.32. The number of nitrogens with two attached hydrogens (primary N) is 1. The lowest BCUT2D eigenvalue weighted by atomic mass is 10.1. The van der Waals surface area contributed by atoms with Gasteiger partial charge in [0.05, 0.1) is 30.0 Å². The molecule has 1 saturated heterocycles. The summed E-state index contributed by atoms with van der Waals surface area (Å²) >= 11 is 0. The molecule has 29 heavy (non-hydrogen) atoms. The Bertz CT molecular complexity index is 965. The van der Waals surface area contributed by atoms with Crippen molar-refractivity contribution in [2.75, 3.05) is 31.6 Å². The van der Waals surface area contributed by atoms with Gasteiger partial charge in [0, 0.05) is 25.7 Å². The van der Waals surface area contributed by atoms with Crippen molar-refractivity contribution < 1.29 is 22.7 Å². The van der Waals surface area contributed by atoms with Crippen molar-refractivity contribution in [3.8, 4) is 0 Å². The van der Waals surface area contributed by atoms with Crippen LogP contribution in [0.2, 0.25) is 0 Å². The quantitative estimate of drug-likeness (QED) is 0.614. The maximum Gasteiger partial charge on any atom is 0.243 e. The molecule has 2 heterocycles. The van der Waals surface area contributed by atoms with Crippen LogP contribution in [-0.4, -0.2) is 60.6 Å². The van der Waals surface area contributed by atoms with E-state index in [2.05, 4.69) is 10.4 Å². The zero-order chi connectivity index (χ0) is 20.9. The first kappa shape index (κ1) is 21.0. The van der Waals surface area contributed by atoms with Crippen molar-refractivity contribution in [3.05, 3.63) is 42.2 Å². The predicted molar refractivity (Wildman–Crippen MR) is 104 cm³/mol. The number of anilines is 1. The van der Waals surface area contributed by atoms with Gasteiger partial charge in [-0.3, -0.25) is 14.3 Å². The second kappa shape index (κ2) is 9.16. The van der Waals surface area contributed by atoms with Gasteiger partial charge >= 0.3 is 0 Å². The second-order valence-electron chi connectivity index (χ2n) is 6.60. The number of sulfonamides is 1. The van der Waals surface area contributed by atoms with Gasteiger partial charge in [-0.2, -0.15) is 9.40 Å². The van der Waals surface area contributed by atoms with E-state index >= 15 is 0 Å². The standard InChI is InChI=1S/C18H23N5O5S/c19-17(24)13-22-12-15(11-20-22)21-18(25)6-3-14-1-4-16(5-2-14)29(26,27)23-7-9-28-10-8-23/h1-2,4-5,11-12H,3,6-10,13H2,(H2,19,24)(H,21,25). The van der Waals surface area contributed by atoms with Gasteiger partial charge < -0.3 is 15.8 Å². The SMILES string of the molecule is NC(=O)Cn1cc(NC(=O)CCc2ccc(S(=O)(=O)N3CCOCC3)cc2)cn1. The van der Waals surface area contributed by atoms with Gasteiger partial charge in [-0.05, 0) is 24.1 Å². The molecule has 1 aromatic heterocycles. The molecule has 2 aromatic rings. The Hall–Kier alpha value is -2.76. The van der Waals surface area contributed by atoms with Crippen molar-refractivity contribution in [1.82, 2.24) is 14.1 Å². The van der Waals surface area contributed by atoms with Crippen molar-refractivity contribution in [1.29, 1.82) is 0 Å². The highest BCUT2D eigenvalue weighted by Crippen LogP contribution is 2.18. The number of nitrogens with one attached hydrogen (secondary N) is 1. The number of carbonyl (C=O) groups excluding carboxylic acids is 2. The molecule has 0 atom stereocenters. The summed E-state index contributed by atoms with van der Waals surface area (Å²) in [6, 6.07) is 6.55. The zero-order valence-corrected chi connectivity index (χ0v) is 16.6. The summed E-state index contributed by atoms with van der Waals surface area (Å²) in [5, 5.41) is 6.63. The van der Waals surface area contributed by atoms with Crippen molar-refractivity contribution >= 4 is 27.5 Å². The molecule has 3 N–H and O–H groups in total. The first-order chi connectivity index (χ1) is 13.8. The minimum Gasteiger partial charge on any atom is -0.379 e. The largest absolute Gasteiger partial charge is 0.379 e. The molecule has 2 amide bonds. The van der Waals surface area contributed by atoms with Gasteiger partial charge in [-0.1, -0.05) is 12.1 Å². The molecule has 0 radical (unpaired) electrons. The Morgan fingerprint density at radius 3 is 2.52 bits per heavy atom. The number of carbonyl (C=O) groups is 2. The first-order valence-corrected chi connectivity index (χ1v) is 10.6. The third-order valence-electron chi connectivity index (χ3n) is 4.41. The molecule has 0 aliphatic carbocycles. The van der Waals surface area contributed by atoms with Crippen LogP contribution in [0, 0.1) is 0 Å². The number of nitrogens with zero attached hydrogens (tertiary/aromatic N) is 3. The molecule has 3 rings (SSSR count). The maximum atomic E-state index is 12.6. The number of aromatic nitrogens is 2. The van der Waals surface area contributed by atoms with Crippen molar-refractivity contribution in [2.45, 2.75) is 24.3 Å². The Labute approximate surface area is 168 Å². The molecule has 0 saturated carbocycles. The highest BCUT2D eigenvalue weighted by atomic mass is 32.2. The lowest BCUT2D eigenvalue weighted by molar-refractivity contribution is -0.118. The monoisotopic (exact) mass is 421 g/mol. The molecular weight excluding hydrogens is 398 g/mol. The minimum absolute atomic E-state index is 0.0599. The lowest BCUT2D eigenvalue weighted by Gasteiger charge is -2.26. The van der Waals surface area contributed by atoms with E-state index in [1.54, 1.807) is 24.3 Å². The third kappa shape index (κ3) is 5.62. The molecule has 1 aliphatic heterocycles. The van der Waals surface area contributed by atoms with Crippen LogP contribution in [0.3, 0.4) is 0 Å². The lowest BCUT2D eigenvalue weighted by Crippen LogP contribution is -2.40. The normalized spacial score (nSPS) is 15.2.